The molecule has 0 spiro atoms. The molecule has 0 aliphatic carbocycles. The largest absolute Gasteiger partial charge is 0.493 e. The van der Waals surface area contributed by atoms with Gasteiger partial charge < -0.3 is 15.0 Å². The third-order valence-electron chi connectivity index (χ3n) is 4.21. The molecule has 0 atom stereocenters. The molecule has 1 heterocycles. The summed E-state index contributed by atoms with van der Waals surface area (Å²) in [7, 11) is 0. The number of benzene rings is 2. The maximum atomic E-state index is 5.77. The average molecular weight is 309 g/mol. The first-order chi connectivity index (χ1) is 11.0. The molecule has 0 aliphatic rings. The molecule has 0 aliphatic heterocycles. The molecule has 120 valence electrons. The van der Waals surface area contributed by atoms with Crippen LogP contribution in [0.2, 0.25) is 0 Å². The Morgan fingerprint density at radius 2 is 1.87 bits per heavy atom. The predicted octanol–water partition coefficient (Wildman–Crippen LogP) is 4.01. The number of ether oxygens (including phenoxy) is 1. The first-order valence-corrected chi connectivity index (χ1v) is 7.97. The van der Waals surface area contributed by atoms with E-state index in [4.69, 9.17) is 10.5 Å². The lowest BCUT2D eigenvalue weighted by Crippen LogP contribution is -2.06. The predicted molar refractivity (Wildman–Crippen MR) is 94.9 cm³/mol. The Kier molecular flexibility index (Phi) is 4.24. The van der Waals surface area contributed by atoms with Crippen LogP contribution in [0.4, 0.5) is 5.69 Å². The van der Waals surface area contributed by atoms with E-state index in [9.17, 15) is 0 Å². The molecule has 3 rings (SSSR count). The van der Waals surface area contributed by atoms with E-state index in [1.807, 2.05) is 24.3 Å². The van der Waals surface area contributed by atoms with Gasteiger partial charge in [-0.3, -0.25) is 0 Å². The SMILES string of the molecule is Cc1cc2nc(C)n(CCCOc3cccc(N)c3)c2cc1C. The van der Waals surface area contributed by atoms with Crippen molar-refractivity contribution in [3.8, 4) is 5.75 Å². The summed E-state index contributed by atoms with van der Waals surface area (Å²) in [5.74, 6) is 1.87. The Morgan fingerprint density at radius 3 is 2.65 bits per heavy atom. The van der Waals surface area contributed by atoms with E-state index in [1.165, 1.54) is 16.6 Å². The van der Waals surface area contributed by atoms with Gasteiger partial charge in [-0.2, -0.15) is 0 Å². The van der Waals surface area contributed by atoms with Gasteiger partial charge in [0.15, 0.2) is 0 Å². The third-order valence-corrected chi connectivity index (χ3v) is 4.21. The normalized spacial score (nSPS) is 11.1. The minimum absolute atomic E-state index is 0.660. The quantitative estimate of drug-likeness (QED) is 0.572. The van der Waals surface area contributed by atoms with E-state index in [-0.39, 0.29) is 0 Å². The molecule has 0 saturated heterocycles. The second-order valence-electron chi connectivity index (χ2n) is 6.01. The number of hydrogen-bond donors (Lipinski definition) is 1. The van der Waals surface area contributed by atoms with Gasteiger partial charge in [0.2, 0.25) is 0 Å². The van der Waals surface area contributed by atoms with E-state index in [0.29, 0.717) is 6.61 Å². The molecule has 0 fully saturated rings. The summed E-state index contributed by atoms with van der Waals surface area (Å²) in [4.78, 5) is 4.67. The zero-order valence-corrected chi connectivity index (χ0v) is 14.0. The Bertz CT molecular complexity index is 836. The van der Waals surface area contributed by atoms with Crippen molar-refractivity contribution in [2.75, 3.05) is 12.3 Å². The minimum Gasteiger partial charge on any atom is -0.493 e. The number of nitrogens with two attached hydrogens (primary N) is 1. The van der Waals surface area contributed by atoms with E-state index >= 15 is 0 Å². The number of nitrogen functional groups attached to an aromatic ring is 1. The van der Waals surface area contributed by atoms with Gasteiger partial charge in [0, 0.05) is 18.3 Å². The van der Waals surface area contributed by atoms with Gasteiger partial charge in [-0.05, 0) is 62.6 Å². The van der Waals surface area contributed by atoms with Gasteiger partial charge in [-0.1, -0.05) is 6.07 Å². The highest BCUT2D eigenvalue weighted by atomic mass is 16.5. The first kappa shape index (κ1) is 15.4. The molecule has 1 aromatic heterocycles. The third kappa shape index (κ3) is 3.31. The van der Waals surface area contributed by atoms with Gasteiger partial charge in [0.25, 0.3) is 0 Å². The molecule has 2 N–H and O–H groups in total. The molecule has 4 nitrogen and oxygen atoms in total. The lowest BCUT2D eigenvalue weighted by atomic mass is 10.1. The molecule has 2 aromatic carbocycles. The van der Waals surface area contributed by atoms with Crippen LogP contribution in [0.5, 0.6) is 5.75 Å². The van der Waals surface area contributed by atoms with E-state index < -0.39 is 0 Å². The number of aromatic nitrogens is 2. The van der Waals surface area contributed by atoms with Crippen LogP contribution in [0, 0.1) is 20.8 Å². The van der Waals surface area contributed by atoms with Crippen molar-refractivity contribution in [3.05, 3.63) is 53.3 Å². The number of hydrogen-bond acceptors (Lipinski definition) is 3. The second-order valence-corrected chi connectivity index (χ2v) is 6.01. The van der Waals surface area contributed by atoms with Crippen LogP contribution < -0.4 is 10.5 Å². The summed E-state index contributed by atoms with van der Waals surface area (Å²) >= 11 is 0. The van der Waals surface area contributed by atoms with Crippen LogP contribution in [0.3, 0.4) is 0 Å². The average Bonchev–Trinajstić information content (AvgIpc) is 2.79. The Hall–Kier alpha value is -2.49. The number of aryl methyl sites for hydroxylation is 4. The van der Waals surface area contributed by atoms with E-state index in [1.54, 1.807) is 0 Å². The molecular weight excluding hydrogens is 286 g/mol. The summed E-state index contributed by atoms with van der Waals surface area (Å²) < 4.78 is 8.03. The smallest absolute Gasteiger partial charge is 0.121 e. The van der Waals surface area contributed by atoms with Crippen LogP contribution in [0.25, 0.3) is 11.0 Å². The van der Waals surface area contributed by atoms with Crippen LogP contribution in [-0.2, 0) is 6.54 Å². The molecular formula is C19H23N3O. The zero-order valence-electron chi connectivity index (χ0n) is 14.0. The Labute approximate surface area is 136 Å². The van der Waals surface area contributed by atoms with Gasteiger partial charge >= 0.3 is 0 Å². The molecule has 0 bridgehead atoms. The fraction of sp³-hybridized carbons (Fsp3) is 0.316. The van der Waals surface area contributed by atoms with Crippen molar-refractivity contribution in [2.24, 2.45) is 0 Å². The van der Waals surface area contributed by atoms with Crippen molar-refractivity contribution >= 4 is 16.7 Å². The fourth-order valence-corrected chi connectivity index (χ4v) is 2.80. The highest BCUT2D eigenvalue weighted by molar-refractivity contribution is 5.78. The number of imidazole rings is 1. The summed E-state index contributed by atoms with van der Waals surface area (Å²) in [5.41, 5.74) is 11.3. The zero-order chi connectivity index (χ0) is 16.4. The van der Waals surface area contributed by atoms with Gasteiger partial charge in [0.05, 0.1) is 17.6 Å². The van der Waals surface area contributed by atoms with Gasteiger partial charge in [-0.25, -0.2) is 4.98 Å². The maximum absolute atomic E-state index is 5.77. The van der Waals surface area contributed by atoms with Crippen molar-refractivity contribution in [3.63, 3.8) is 0 Å². The van der Waals surface area contributed by atoms with Crippen molar-refractivity contribution < 1.29 is 4.74 Å². The number of rotatable bonds is 5. The summed E-state index contributed by atoms with van der Waals surface area (Å²) in [6.07, 6.45) is 0.925. The van der Waals surface area contributed by atoms with Crippen molar-refractivity contribution in [2.45, 2.75) is 33.7 Å². The summed E-state index contributed by atoms with van der Waals surface area (Å²) in [6, 6.07) is 11.9. The number of nitrogens with zero attached hydrogens (tertiary/aromatic N) is 2. The van der Waals surface area contributed by atoms with Crippen molar-refractivity contribution in [1.82, 2.24) is 9.55 Å². The first-order valence-electron chi connectivity index (χ1n) is 7.97. The Balaban J connectivity index is 1.67. The lowest BCUT2D eigenvalue weighted by molar-refractivity contribution is 0.302. The molecule has 3 aromatic rings. The Morgan fingerprint density at radius 1 is 1.09 bits per heavy atom. The summed E-state index contributed by atoms with van der Waals surface area (Å²) in [5, 5.41) is 0. The molecule has 0 saturated carbocycles. The molecule has 4 heteroatoms. The minimum atomic E-state index is 0.660. The lowest BCUT2D eigenvalue weighted by Gasteiger charge is -2.10. The van der Waals surface area contributed by atoms with Gasteiger partial charge in [0.1, 0.15) is 11.6 Å². The van der Waals surface area contributed by atoms with Crippen LogP contribution in [-0.4, -0.2) is 16.2 Å². The number of anilines is 1. The molecule has 0 amide bonds. The highest BCUT2D eigenvalue weighted by Crippen LogP contribution is 2.21. The van der Waals surface area contributed by atoms with E-state index in [0.717, 1.165) is 35.7 Å². The molecule has 0 unspecified atom stereocenters. The summed E-state index contributed by atoms with van der Waals surface area (Å²) in [6.45, 7) is 7.89. The number of fused-ring (bicyclic) bond motifs is 1. The van der Waals surface area contributed by atoms with E-state index in [2.05, 4.69) is 42.5 Å². The maximum Gasteiger partial charge on any atom is 0.121 e. The van der Waals surface area contributed by atoms with Crippen molar-refractivity contribution in [1.29, 1.82) is 0 Å². The highest BCUT2D eigenvalue weighted by Gasteiger charge is 2.08. The topological polar surface area (TPSA) is 53.1 Å². The standard InChI is InChI=1S/C19H23N3O/c1-13-10-18-19(11-14(13)2)22(15(3)21-18)8-5-9-23-17-7-4-6-16(20)12-17/h4,6-7,10-12H,5,8-9,20H2,1-3H3. The van der Waals surface area contributed by atoms with Crippen LogP contribution in [0.1, 0.15) is 23.4 Å². The fourth-order valence-electron chi connectivity index (χ4n) is 2.80. The van der Waals surface area contributed by atoms with Crippen LogP contribution >= 0.6 is 0 Å². The monoisotopic (exact) mass is 309 g/mol. The molecule has 23 heavy (non-hydrogen) atoms. The molecule has 0 radical (unpaired) electrons. The van der Waals surface area contributed by atoms with Crippen LogP contribution in [0.15, 0.2) is 36.4 Å². The second kappa shape index (κ2) is 6.32. The van der Waals surface area contributed by atoms with Gasteiger partial charge in [-0.15, -0.1) is 0 Å².